The fourth-order valence-corrected chi connectivity index (χ4v) is 4.72. The van der Waals surface area contributed by atoms with Gasteiger partial charge in [-0.15, -0.1) is 0 Å². The molecule has 4 N–H and O–H groups in total. The number of benzene rings is 1. The van der Waals surface area contributed by atoms with Crippen molar-refractivity contribution in [1.82, 2.24) is 20.9 Å². The van der Waals surface area contributed by atoms with E-state index in [-0.39, 0.29) is 24.3 Å². The molecule has 37 heavy (non-hydrogen) atoms. The minimum atomic E-state index is -1.33. The number of aliphatic hydroxyl groups is 1. The van der Waals surface area contributed by atoms with Gasteiger partial charge in [0.05, 0.1) is 18.2 Å². The molecule has 0 bridgehead atoms. The molecule has 9 heteroatoms. The molecule has 206 valence electrons. The molecule has 0 radical (unpaired) electrons. The van der Waals surface area contributed by atoms with Gasteiger partial charge in [-0.25, -0.2) is 0 Å². The number of aldehydes is 1. The smallest absolute Gasteiger partial charge is 0.240 e. The first-order chi connectivity index (χ1) is 17.7. The van der Waals surface area contributed by atoms with E-state index in [0.29, 0.717) is 31.7 Å². The third-order valence-electron chi connectivity index (χ3n) is 6.70. The summed E-state index contributed by atoms with van der Waals surface area (Å²) in [5.74, 6) is 0.626. The van der Waals surface area contributed by atoms with Crippen molar-refractivity contribution >= 4 is 24.2 Å². The number of nitrogens with one attached hydrogen (secondary N) is 3. The number of carbonyl (C=O) groups is 3. The van der Waals surface area contributed by atoms with Crippen LogP contribution in [0.15, 0.2) is 30.3 Å². The zero-order valence-corrected chi connectivity index (χ0v) is 22.7. The number of hydrogen-bond acceptors (Lipinski definition) is 7. The standard InChI is InChI=1S/C28H44N4O5/c1-28(2,36)24(20-33)32(4)27(35)26(22-12-6-5-7-13-22)31-17-18-37-23-15-9-8-11-21(23)14-10-16-30-25(34)19-29-3/h8-11,14-15,20,22,24,26,29,31,36H,5-7,12-13,16-19H2,1-4H3,(H,30,34)/b14-10+. The van der Waals surface area contributed by atoms with Crippen LogP contribution in [-0.4, -0.2) is 86.1 Å². The van der Waals surface area contributed by atoms with Crippen molar-refractivity contribution in [3.8, 4) is 5.75 Å². The second kappa shape index (κ2) is 15.5. The fourth-order valence-electron chi connectivity index (χ4n) is 4.72. The van der Waals surface area contributed by atoms with Gasteiger partial charge in [0, 0.05) is 25.7 Å². The Kier molecular flexibility index (Phi) is 12.8. The van der Waals surface area contributed by atoms with Crippen LogP contribution in [0.1, 0.15) is 51.5 Å². The Bertz CT molecular complexity index is 893. The number of nitrogens with zero attached hydrogens (tertiary/aromatic N) is 1. The minimum absolute atomic E-state index is 0.0718. The molecule has 0 heterocycles. The van der Waals surface area contributed by atoms with Gasteiger partial charge in [0.15, 0.2) is 0 Å². The second-order valence-electron chi connectivity index (χ2n) is 10.1. The number of amides is 2. The van der Waals surface area contributed by atoms with Crippen LogP contribution in [0.2, 0.25) is 0 Å². The van der Waals surface area contributed by atoms with E-state index in [2.05, 4.69) is 16.0 Å². The molecule has 1 aliphatic rings. The predicted octanol–water partition coefficient (Wildman–Crippen LogP) is 1.75. The molecule has 1 aromatic rings. The van der Waals surface area contributed by atoms with E-state index in [1.54, 1.807) is 14.1 Å². The molecule has 1 aliphatic carbocycles. The van der Waals surface area contributed by atoms with Gasteiger partial charge in [-0.1, -0.05) is 49.6 Å². The average molecular weight is 517 g/mol. The second-order valence-corrected chi connectivity index (χ2v) is 10.1. The maximum Gasteiger partial charge on any atom is 0.240 e. The van der Waals surface area contributed by atoms with Gasteiger partial charge in [0.2, 0.25) is 11.8 Å². The van der Waals surface area contributed by atoms with Crippen LogP contribution in [0.5, 0.6) is 5.75 Å². The summed E-state index contributed by atoms with van der Waals surface area (Å²) in [5, 5.41) is 19.4. The summed E-state index contributed by atoms with van der Waals surface area (Å²) in [7, 11) is 3.30. The molecule has 2 atom stereocenters. The Labute approximate surface area is 221 Å². The van der Waals surface area contributed by atoms with E-state index in [0.717, 1.165) is 31.2 Å². The third-order valence-corrected chi connectivity index (χ3v) is 6.70. The lowest BCUT2D eigenvalue weighted by Crippen LogP contribution is -2.58. The van der Waals surface area contributed by atoms with Crippen molar-refractivity contribution in [2.24, 2.45) is 5.92 Å². The summed E-state index contributed by atoms with van der Waals surface area (Å²) in [4.78, 5) is 38.1. The minimum Gasteiger partial charge on any atom is -0.492 e. The maximum absolute atomic E-state index is 13.5. The maximum atomic E-state index is 13.5. The number of rotatable bonds is 15. The van der Waals surface area contributed by atoms with Gasteiger partial charge in [0.25, 0.3) is 0 Å². The van der Waals surface area contributed by atoms with Crippen molar-refractivity contribution in [3.63, 3.8) is 0 Å². The van der Waals surface area contributed by atoms with Crippen molar-refractivity contribution in [2.75, 3.05) is 40.3 Å². The fraction of sp³-hybridized carbons (Fsp3) is 0.607. The van der Waals surface area contributed by atoms with E-state index >= 15 is 0 Å². The van der Waals surface area contributed by atoms with Gasteiger partial charge >= 0.3 is 0 Å². The van der Waals surface area contributed by atoms with Gasteiger partial charge in [-0.3, -0.25) is 9.59 Å². The number of likely N-dealkylation sites (N-methyl/N-ethyl adjacent to an activating group) is 2. The molecule has 0 spiro atoms. The highest BCUT2D eigenvalue weighted by Crippen LogP contribution is 2.28. The quantitative estimate of drug-likeness (QED) is 0.207. The van der Waals surface area contributed by atoms with Crippen molar-refractivity contribution in [3.05, 3.63) is 35.9 Å². The predicted molar refractivity (Wildman–Crippen MR) is 145 cm³/mol. The lowest BCUT2D eigenvalue weighted by Gasteiger charge is -2.38. The Balaban J connectivity index is 1.99. The highest BCUT2D eigenvalue weighted by atomic mass is 16.5. The van der Waals surface area contributed by atoms with Crippen LogP contribution in [0.25, 0.3) is 6.08 Å². The molecule has 0 aromatic heterocycles. The van der Waals surface area contributed by atoms with E-state index < -0.39 is 17.7 Å². The van der Waals surface area contributed by atoms with E-state index in [9.17, 15) is 19.5 Å². The summed E-state index contributed by atoms with van der Waals surface area (Å²) in [5.41, 5.74) is -0.441. The molecule has 2 amide bonds. The van der Waals surface area contributed by atoms with Crippen LogP contribution in [0.4, 0.5) is 0 Å². The normalized spacial score (nSPS) is 16.2. The average Bonchev–Trinajstić information content (AvgIpc) is 2.87. The Morgan fingerprint density at radius 1 is 1.22 bits per heavy atom. The molecule has 1 aromatic carbocycles. The van der Waals surface area contributed by atoms with Crippen LogP contribution >= 0.6 is 0 Å². The largest absolute Gasteiger partial charge is 0.492 e. The van der Waals surface area contributed by atoms with Gasteiger partial charge in [0.1, 0.15) is 24.7 Å². The lowest BCUT2D eigenvalue weighted by atomic mass is 9.83. The Morgan fingerprint density at radius 3 is 2.57 bits per heavy atom. The first-order valence-electron chi connectivity index (χ1n) is 13.2. The summed E-state index contributed by atoms with van der Waals surface area (Å²) in [6, 6.07) is 6.27. The SMILES string of the molecule is CNCC(=O)NC/C=C/c1ccccc1OCCNC(C(=O)N(C)C(C=O)C(C)(C)O)C1CCCCC1. The summed E-state index contributed by atoms with van der Waals surface area (Å²) in [6.07, 6.45) is 9.63. The molecule has 1 fully saturated rings. The van der Waals surface area contributed by atoms with Crippen molar-refractivity contribution in [1.29, 1.82) is 0 Å². The lowest BCUT2D eigenvalue weighted by molar-refractivity contribution is -0.144. The molecule has 0 aliphatic heterocycles. The van der Waals surface area contributed by atoms with Crippen LogP contribution in [-0.2, 0) is 14.4 Å². The van der Waals surface area contributed by atoms with Crippen LogP contribution in [0.3, 0.4) is 0 Å². The van der Waals surface area contributed by atoms with Gasteiger partial charge < -0.3 is 35.5 Å². The summed E-state index contributed by atoms with van der Waals surface area (Å²) >= 11 is 0. The molecule has 2 rings (SSSR count). The molecular formula is C28H44N4O5. The van der Waals surface area contributed by atoms with Gasteiger partial charge in [-0.2, -0.15) is 0 Å². The van der Waals surface area contributed by atoms with Crippen LogP contribution in [0, 0.1) is 5.92 Å². The van der Waals surface area contributed by atoms with Crippen molar-refractivity contribution < 1.29 is 24.2 Å². The zero-order valence-electron chi connectivity index (χ0n) is 22.7. The van der Waals surface area contributed by atoms with Crippen LogP contribution < -0.4 is 20.7 Å². The first-order valence-corrected chi connectivity index (χ1v) is 13.2. The Morgan fingerprint density at radius 2 is 1.92 bits per heavy atom. The number of ether oxygens (including phenoxy) is 1. The van der Waals surface area contributed by atoms with E-state index in [1.165, 1.54) is 25.2 Å². The highest BCUT2D eigenvalue weighted by molar-refractivity contribution is 5.85. The van der Waals surface area contributed by atoms with E-state index in [1.807, 2.05) is 36.4 Å². The topological polar surface area (TPSA) is 120 Å². The summed E-state index contributed by atoms with van der Waals surface area (Å²) in [6.45, 7) is 4.57. The molecule has 9 nitrogen and oxygen atoms in total. The monoisotopic (exact) mass is 516 g/mol. The highest BCUT2D eigenvalue weighted by Gasteiger charge is 2.38. The Hall–Kier alpha value is -2.75. The van der Waals surface area contributed by atoms with Gasteiger partial charge in [-0.05, 0) is 45.7 Å². The first kappa shape index (κ1) is 30.5. The van der Waals surface area contributed by atoms with Crippen molar-refractivity contribution in [2.45, 2.75) is 63.6 Å². The molecule has 0 saturated heterocycles. The third kappa shape index (κ3) is 9.91. The molecular weight excluding hydrogens is 472 g/mol. The zero-order chi connectivity index (χ0) is 27.3. The number of para-hydroxylation sites is 1. The molecule has 1 saturated carbocycles. The molecule has 2 unspecified atom stereocenters. The van der Waals surface area contributed by atoms with E-state index in [4.69, 9.17) is 4.74 Å². The summed E-state index contributed by atoms with van der Waals surface area (Å²) < 4.78 is 6.02. The number of carbonyl (C=O) groups excluding carboxylic acids is 3. The number of hydrogen-bond donors (Lipinski definition) is 4.